The molecular formula is C6H18I2O2S2. The largest absolute Gasteiger partial charge is 0.273 e. The molecule has 6 heteroatoms. The maximum atomic E-state index is 12.2. The van der Waals surface area contributed by atoms with E-state index in [4.69, 9.17) is 24.7 Å². The van der Waals surface area contributed by atoms with Gasteiger partial charge < -0.3 is 0 Å². The van der Waals surface area contributed by atoms with Gasteiger partial charge in [-0.2, -0.15) is 0 Å². The molecule has 2 nitrogen and oxygen atoms in total. The highest BCUT2D eigenvalue weighted by Gasteiger charge is 2.08. The Morgan fingerprint density at radius 1 is 1.33 bits per heavy atom. The number of halogens is 2. The first kappa shape index (κ1) is 2.71. The molecular weight excluding hydrogens is 422 g/mol. The standard InChI is InChI=1S/C3H9IOS.C2H6OS.CH3I/c1-6(2,3,4)5;1-4(2)3;1-2/h1-3H3;1-2H3;1H3/i1D3,2D3,3D3;1D3,2D3;1D3. The maximum Gasteiger partial charge on any atom is 0.0370 e. The predicted octanol–water partition coefficient (Wildman–Crippen LogP) is 2.09. The molecule has 0 rings (SSSR count). The van der Waals surface area contributed by atoms with Crippen LogP contribution < -0.4 is 0 Å². The maximum absolute atomic E-state index is 12.2. The third kappa shape index (κ3) is 440. The molecule has 12 heavy (non-hydrogen) atoms. The van der Waals surface area contributed by atoms with Crippen molar-refractivity contribution < 1.29 is 33.1 Å². The van der Waals surface area contributed by atoms with Crippen LogP contribution in [0, 0.1) is 0 Å². The van der Waals surface area contributed by atoms with Crippen molar-refractivity contribution in [3.63, 3.8) is 0 Å². The first-order chi connectivity index (χ1) is 12.2. The zero-order valence-electron chi connectivity index (χ0n) is 23.4. The Balaban J connectivity index is -0.000000417. The Labute approximate surface area is 130 Å². The number of hydrogen-bond donors (Lipinski definition) is 0. The van der Waals surface area contributed by atoms with Crippen molar-refractivity contribution in [1.29, 1.82) is 0 Å². The quantitative estimate of drug-likeness (QED) is 0.317. The van der Waals surface area contributed by atoms with E-state index in [0.29, 0.717) is 21.2 Å². The Morgan fingerprint density at radius 2 is 1.67 bits per heavy atom. The third-order valence-corrected chi connectivity index (χ3v) is 0. The van der Waals surface area contributed by atoms with Crippen LogP contribution in [0.5, 0.6) is 0 Å². The van der Waals surface area contributed by atoms with Crippen LogP contribution in [0.15, 0.2) is 0 Å². The van der Waals surface area contributed by atoms with Gasteiger partial charge in [-0.25, -0.2) is 0 Å². The van der Waals surface area contributed by atoms with Gasteiger partial charge in [-0.3, -0.25) is 8.42 Å². The van der Waals surface area contributed by atoms with E-state index in [-0.39, 0.29) is 0 Å². The van der Waals surface area contributed by atoms with Gasteiger partial charge in [-0.15, -0.1) is 0 Å². The second kappa shape index (κ2) is 8.10. The first-order valence-electron chi connectivity index (χ1n) is 10.7. The first-order valence-corrected chi connectivity index (χ1v) is 8.43. The van der Waals surface area contributed by atoms with E-state index in [1.54, 1.807) is 0 Å². The van der Waals surface area contributed by atoms with Crippen LogP contribution in [0.3, 0.4) is 0 Å². The summed E-state index contributed by atoms with van der Waals surface area (Å²) in [7, 11) is -2.75. The van der Waals surface area contributed by atoms with Gasteiger partial charge in [0.15, 0.2) is 0 Å². The Kier molecular flexibility index (Phi) is 1.83. The SMILES string of the molecule is [2H]C([2H])([2H])I.[2H]C([2H])([2H])S(=O)(I)(C([2H])([2H])[2H])C([2H])([2H])[2H].[2H]C([2H])([2H])S(=O)C([2H])([2H])[2H]. The Morgan fingerprint density at radius 3 is 1.67 bits per heavy atom. The van der Waals surface area contributed by atoms with Crippen molar-refractivity contribution in [2.75, 3.05) is 35.8 Å². The smallest absolute Gasteiger partial charge is 0.0370 e. The van der Waals surface area contributed by atoms with Crippen molar-refractivity contribution in [2.45, 2.75) is 0 Å². The molecule has 0 unspecified atom stereocenters. The van der Waals surface area contributed by atoms with Crippen molar-refractivity contribution in [1.82, 2.24) is 0 Å². The van der Waals surface area contributed by atoms with Crippen LogP contribution in [0.2, 0.25) is 0 Å². The zero-order valence-corrected chi connectivity index (χ0v) is 11.3. The van der Waals surface area contributed by atoms with E-state index in [1.165, 1.54) is 22.6 Å². The number of hydrogen-bond acceptors (Lipinski definition) is 2. The Hall–Kier alpha value is 1.76. The van der Waals surface area contributed by atoms with Crippen LogP contribution >= 0.6 is 43.8 Å². The van der Waals surface area contributed by atoms with Crippen molar-refractivity contribution >= 4 is 60.8 Å². The second-order valence-corrected chi connectivity index (χ2v) is 8.40. The summed E-state index contributed by atoms with van der Waals surface area (Å²) in [5, 5.41) is 0. The summed E-state index contributed by atoms with van der Waals surface area (Å²) in [5.74, 6) is 0. The van der Waals surface area contributed by atoms with Gasteiger partial charge in [0.25, 0.3) is 0 Å². The molecule has 0 radical (unpaired) electrons. The van der Waals surface area contributed by atoms with Gasteiger partial charge in [0.1, 0.15) is 0 Å². The lowest BCUT2D eigenvalue weighted by Crippen LogP contribution is -2.15. The minimum atomic E-state index is -5.83. The van der Waals surface area contributed by atoms with Crippen LogP contribution in [-0.4, -0.2) is 44.2 Å². The summed E-state index contributed by atoms with van der Waals surface area (Å²) >= 11 is 1.97. The molecule has 0 bridgehead atoms. The molecule has 0 fully saturated rings. The molecule has 0 amide bonds. The van der Waals surface area contributed by atoms with Gasteiger partial charge in [0, 0.05) is 69.0 Å². The molecule has 0 saturated carbocycles. The lowest BCUT2D eigenvalue weighted by Gasteiger charge is -2.16. The molecule has 0 aromatic carbocycles. The highest BCUT2D eigenvalue weighted by atomic mass is 127. The number of alkyl halides is 1. The molecule has 80 valence electrons. The van der Waals surface area contributed by atoms with E-state index < -0.39 is 52.8 Å². The lowest BCUT2D eigenvalue weighted by atomic mass is 11.9. The summed E-state index contributed by atoms with van der Waals surface area (Å²) in [5.41, 5.74) is 0. The number of rotatable bonds is 0. The minimum Gasteiger partial charge on any atom is -0.273 e. The molecule has 0 aliphatic rings. The highest BCUT2D eigenvalue weighted by Crippen LogP contribution is 2.20. The highest BCUT2D eigenvalue weighted by molar-refractivity contribution is 14.2. The van der Waals surface area contributed by atoms with Gasteiger partial charge in [0.2, 0.25) is 0 Å². The van der Waals surface area contributed by atoms with Crippen LogP contribution in [-0.2, 0) is 17.0 Å². The topological polar surface area (TPSA) is 34.1 Å². The van der Waals surface area contributed by atoms with Gasteiger partial charge in [-0.1, -0.05) is 28.8 Å². The lowest BCUT2D eigenvalue weighted by molar-refractivity contribution is 0.681. The van der Waals surface area contributed by atoms with Crippen LogP contribution in [0.4, 0.5) is 0 Å². The summed E-state index contributed by atoms with van der Waals surface area (Å²) in [4.78, 5) is -1.78. The van der Waals surface area contributed by atoms with E-state index in [2.05, 4.69) is 0 Å². The van der Waals surface area contributed by atoms with Gasteiger partial charge in [-0.05, 0) is 23.4 Å². The van der Waals surface area contributed by atoms with Crippen LogP contribution in [0.25, 0.3) is 0 Å². The molecule has 0 saturated heterocycles. The van der Waals surface area contributed by atoms with E-state index in [9.17, 15) is 8.42 Å². The molecule has 0 aliphatic heterocycles. The average Bonchev–Trinajstić information content (AvgIpc) is 2.30. The van der Waals surface area contributed by atoms with Crippen molar-refractivity contribution in [2.24, 2.45) is 0 Å². The fraction of sp³-hybridized carbons (Fsp3) is 1.00. The molecule has 0 aliphatic carbocycles. The van der Waals surface area contributed by atoms with E-state index in [0.717, 1.165) is 0 Å². The molecule has 0 aromatic heterocycles. The summed E-state index contributed by atoms with van der Waals surface area (Å²) < 4.78 is 143. The summed E-state index contributed by atoms with van der Waals surface area (Å²) in [6.07, 6.45) is -22.4. The van der Waals surface area contributed by atoms with Gasteiger partial charge >= 0.3 is 0 Å². The molecule has 0 aromatic rings. The second-order valence-electron chi connectivity index (χ2n) is 1.12. The van der Waals surface area contributed by atoms with Gasteiger partial charge in [0.05, 0.1) is 0 Å². The van der Waals surface area contributed by atoms with Crippen molar-refractivity contribution in [3.8, 4) is 0 Å². The molecule has 0 spiro atoms. The molecule has 0 atom stereocenters. The average molecular weight is 458 g/mol. The van der Waals surface area contributed by atoms with Crippen LogP contribution in [0.1, 0.15) is 24.7 Å². The van der Waals surface area contributed by atoms with E-state index >= 15 is 0 Å². The Bertz CT molecular complexity index is 577. The summed E-state index contributed by atoms with van der Waals surface area (Å²) in [6, 6.07) is 0. The normalized spacial score (nSPS) is 41.4. The zero-order chi connectivity index (χ0) is 26.0. The molecule has 0 heterocycles. The van der Waals surface area contributed by atoms with E-state index in [1.807, 2.05) is 0 Å². The monoisotopic (exact) mass is 458 g/mol. The minimum absolute atomic E-state index is 0.594. The predicted molar refractivity (Wildman–Crippen MR) is 79.9 cm³/mol. The fourth-order valence-electron chi connectivity index (χ4n) is 0. The summed E-state index contributed by atoms with van der Waals surface area (Å²) in [6.45, 7) is 0. The molecule has 0 N–H and O–H groups in total. The van der Waals surface area contributed by atoms with Crippen molar-refractivity contribution in [3.05, 3.63) is 0 Å². The third-order valence-electron chi connectivity index (χ3n) is 0. The fourth-order valence-corrected chi connectivity index (χ4v) is 0.